The van der Waals surface area contributed by atoms with Crippen molar-refractivity contribution < 1.29 is 4.74 Å². The number of hydrogen-bond donors (Lipinski definition) is 0. The summed E-state index contributed by atoms with van der Waals surface area (Å²) in [6.07, 6.45) is 0. The standard InChI is InChI=1S/C12H16N2OS2/c1-12(2,3)14-9-7-8(15-4)5-6-10(9)16-11(14)17-13/h5-7,11H,1-4H3. The zero-order valence-corrected chi connectivity index (χ0v) is 12.1. The zero-order valence-electron chi connectivity index (χ0n) is 10.4. The van der Waals surface area contributed by atoms with Crippen LogP contribution in [0.4, 0.5) is 5.69 Å². The highest BCUT2D eigenvalue weighted by atomic mass is 32.2. The van der Waals surface area contributed by atoms with Gasteiger partial charge in [0.15, 0.2) is 0 Å². The Kier molecular flexibility index (Phi) is 3.52. The van der Waals surface area contributed by atoms with Gasteiger partial charge in [-0.3, -0.25) is 0 Å². The van der Waals surface area contributed by atoms with E-state index in [0.717, 1.165) is 23.4 Å². The van der Waals surface area contributed by atoms with Gasteiger partial charge in [-0.25, -0.2) is 0 Å². The third-order valence-electron chi connectivity index (χ3n) is 2.68. The predicted octanol–water partition coefficient (Wildman–Crippen LogP) is 3.41. The molecule has 1 heterocycles. The second-order valence-electron chi connectivity index (χ2n) is 4.90. The lowest BCUT2D eigenvalue weighted by atomic mass is 10.1. The molecule has 5 heteroatoms. The normalized spacial score (nSPS) is 19.4. The second kappa shape index (κ2) is 4.63. The number of hydrogen-bond acceptors (Lipinski definition) is 4. The predicted molar refractivity (Wildman–Crippen MR) is 74.6 cm³/mol. The molecule has 0 spiro atoms. The largest absolute Gasteiger partial charge is 0.497 e. The Morgan fingerprint density at radius 2 is 2.12 bits per heavy atom. The number of benzene rings is 1. The van der Waals surface area contributed by atoms with Crippen molar-refractivity contribution >= 4 is 29.4 Å². The highest BCUT2D eigenvalue weighted by Gasteiger charge is 2.37. The summed E-state index contributed by atoms with van der Waals surface area (Å²) in [5.74, 6) is 0.849. The van der Waals surface area contributed by atoms with E-state index in [2.05, 4.69) is 25.7 Å². The van der Waals surface area contributed by atoms with Crippen molar-refractivity contribution in [1.29, 1.82) is 0 Å². The van der Waals surface area contributed by atoms with Crippen molar-refractivity contribution in [2.75, 3.05) is 12.0 Å². The Labute approximate surface area is 111 Å². The average Bonchev–Trinajstić information content (AvgIpc) is 2.65. The van der Waals surface area contributed by atoms with Crippen LogP contribution in [0.15, 0.2) is 23.1 Å². The lowest BCUT2D eigenvalue weighted by Gasteiger charge is -2.37. The molecule has 17 heavy (non-hydrogen) atoms. The summed E-state index contributed by atoms with van der Waals surface area (Å²) in [5, 5.41) is 9.42. The number of methoxy groups -OCH3 is 1. The summed E-state index contributed by atoms with van der Waals surface area (Å²) in [7, 11) is 1.67. The van der Waals surface area contributed by atoms with E-state index in [0.29, 0.717) is 0 Å². The van der Waals surface area contributed by atoms with E-state index >= 15 is 0 Å². The van der Waals surface area contributed by atoms with Gasteiger partial charge in [-0.2, -0.15) is 0 Å². The van der Waals surface area contributed by atoms with Crippen LogP contribution in [0, 0.1) is 0 Å². The molecule has 0 N–H and O–H groups in total. The zero-order chi connectivity index (χ0) is 12.6. The maximum absolute atomic E-state index is 9.42. The van der Waals surface area contributed by atoms with Crippen LogP contribution in [0.1, 0.15) is 20.8 Å². The quantitative estimate of drug-likeness (QED) is 0.770. The van der Waals surface area contributed by atoms with E-state index in [1.165, 1.54) is 4.90 Å². The minimum Gasteiger partial charge on any atom is -0.497 e. The molecular formula is C12H16N2OS2. The Morgan fingerprint density at radius 1 is 1.41 bits per heavy atom. The molecule has 1 unspecified atom stereocenters. The van der Waals surface area contributed by atoms with Crippen LogP contribution >= 0.6 is 23.7 Å². The van der Waals surface area contributed by atoms with Gasteiger partial charge in [0.05, 0.1) is 12.8 Å². The van der Waals surface area contributed by atoms with Crippen LogP contribution in [0.25, 0.3) is 0 Å². The number of thioether (sulfide) groups is 1. The lowest BCUT2D eigenvalue weighted by molar-refractivity contribution is 0.414. The van der Waals surface area contributed by atoms with Crippen LogP contribution in [0.3, 0.4) is 0 Å². The van der Waals surface area contributed by atoms with Crippen LogP contribution in [-0.2, 0) is 0 Å². The van der Waals surface area contributed by atoms with Crippen molar-refractivity contribution in [3.05, 3.63) is 18.2 Å². The fourth-order valence-electron chi connectivity index (χ4n) is 1.93. The summed E-state index contributed by atoms with van der Waals surface area (Å²) < 4.78 is 5.28. The summed E-state index contributed by atoms with van der Waals surface area (Å²) >= 11 is 2.56. The molecule has 1 aromatic carbocycles. The fraction of sp³-hybridized carbons (Fsp3) is 0.500. The summed E-state index contributed by atoms with van der Waals surface area (Å²) in [6, 6.07) is 6.04. The fourth-order valence-corrected chi connectivity index (χ4v) is 4.12. The monoisotopic (exact) mass is 268 g/mol. The van der Waals surface area contributed by atoms with Crippen LogP contribution < -0.4 is 14.8 Å². The van der Waals surface area contributed by atoms with Gasteiger partial charge >= 0.3 is 0 Å². The van der Waals surface area contributed by atoms with Gasteiger partial charge < -0.3 is 9.64 Å². The topological polar surface area (TPSA) is 34.8 Å². The van der Waals surface area contributed by atoms with Gasteiger partial charge in [0.2, 0.25) is 0 Å². The van der Waals surface area contributed by atoms with Gasteiger partial charge in [-0.1, -0.05) is 16.9 Å². The summed E-state index contributed by atoms with van der Waals surface area (Å²) in [5.41, 5.74) is 1.10. The second-order valence-corrected chi connectivity index (χ2v) is 6.98. The van der Waals surface area contributed by atoms with Gasteiger partial charge in [0.1, 0.15) is 10.5 Å². The Hall–Kier alpha value is -0.520. The molecular weight excluding hydrogens is 252 g/mol. The number of ether oxygens (including phenoxy) is 1. The van der Waals surface area contributed by atoms with Gasteiger partial charge in [0.25, 0.3) is 0 Å². The van der Waals surface area contributed by atoms with Crippen molar-refractivity contribution in [2.45, 2.75) is 35.9 Å². The molecule has 1 aliphatic rings. The SMILES string of the molecule is COc1ccc2c(c1)N(C(C)(C)C)C(S[N])S2. The van der Waals surface area contributed by atoms with Gasteiger partial charge in [-0.05, 0) is 44.9 Å². The summed E-state index contributed by atoms with van der Waals surface area (Å²) in [4.78, 5) is 3.41. The van der Waals surface area contributed by atoms with Crippen molar-refractivity contribution in [2.24, 2.45) is 0 Å². The molecule has 0 saturated carbocycles. The molecule has 2 rings (SSSR count). The molecule has 3 nitrogen and oxygen atoms in total. The third kappa shape index (κ3) is 2.37. The van der Waals surface area contributed by atoms with Crippen molar-refractivity contribution in [3.63, 3.8) is 0 Å². The average molecular weight is 268 g/mol. The highest BCUT2D eigenvalue weighted by Crippen LogP contribution is 2.50. The summed E-state index contributed by atoms with van der Waals surface area (Å²) in [6.45, 7) is 6.43. The van der Waals surface area contributed by atoms with E-state index < -0.39 is 0 Å². The van der Waals surface area contributed by atoms with Crippen molar-refractivity contribution in [3.8, 4) is 5.75 Å². The molecule has 0 saturated heterocycles. The Bertz CT molecular complexity index is 417. The minimum atomic E-state index is -0.0367. The van der Waals surface area contributed by atoms with Crippen LogP contribution in [0.5, 0.6) is 5.75 Å². The third-order valence-corrected chi connectivity index (χ3v) is 4.63. The van der Waals surface area contributed by atoms with Crippen LogP contribution in [0.2, 0.25) is 0 Å². The first kappa shape index (κ1) is 12.9. The van der Waals surface area contributed by atoms with Gasteiger partial charge in [0, 0.05) is 16.5 Å². The van der Waals surface area contributed by atoms with Gasteiger partial charge in [-0.15, -0.1) is 0 Å². The van der Waals surface area contributed by atoms with Crippen molar-refractivity contribution in [1.82, 2.24) is 5.14 Å². The van der Waals surface area contributed by atoms with E-state index in [1.807, 2.05) is 18.2 Å². The maximum Gasteiger partial charge on any atom is 0.144 e. The molecule has 0 fully saturated rings. The molecule has 0 amide bonds. The Balaban J connectivity index is 2.45. The van der Waals surface area contributed by atoms with E-state index in [9.17, 15) is 5.14 Å². The number of anilines is 1. The van der Waals surface area contributed by atoms with E-state index in [1.54, 1.807) is 18.9 Å². The Morgan fingerprint density at radius 3 is 2.65 bits per heavy atom. The first-order valence-electron chi connectivity index (χ1n) is 5.41. The lowest BCUT2D eigenvalue weighted by Crippen LogP contribution is -2.43. The smallest absolute Gasteiger partial charge is 0.144 e. The van der Waals surface area contributed by atoms with E-state index in [4.69, 9.17) is 4.74 Å². The highest BCUT2D eigenvalue weighted by molar-refractivity contribution is 8.16. The van der Waals surface area contributed by atoms with E-state index in [-0.39, 0.29) is 10.2 Å². The molecule has 2 radical (unpaired) electrons. The molecule has 0 aromatic heterocycles. The number of nitrogens with zero attached hydrogens (tertiary/aromatic N) is 2. The number of fused-ring (bicyclic) bond motifs is 1. The minimum absolute atomic E-state index is 0.0112. The maximum atomic E-state index is 9.42. The molecule has 0 aliphatic carbocycles. The first-order chi connectivity index (χ1) is 7.97. The molecule has 92 valence electrons. The van der Waals surface area contributed by atoms with Crippen LogP contribution in [-0.4, -0.2) is 17.4 Å². The first-order valence-corrected chi connectivity index (χ1v) is 7.13. The molecule has 1 atom stereocenters. The molecule has 1 aliphatic heterocycles. The number of rotatable bonds is 2. The molecule has 1 aromatic rings. The molecule has 0 bridgehead atoms.